The van der Waals surface area contributed by atoms with E-state index in [1.54, 1.807) is 37.8 Å². The predicted octanol–water partition coefficient (Wildman–Crippen LogP) is 3.10. The van der Waals surface area contributed by atoms with Crippen molar-refractivity contribution in [2.24, 2.45) is 0 Å². The SMILES string of the molecule is CNc1nccc(-c2c(-c3ccc(F)cc3)ncn2CCC#N)n1. The number of nitrogens with one attached hydrogen (secondary N) is 1. The second-order valence-corrected chi connectivity index (χ2v) is 5.07. The number of rotatable bonds is 5. The minimum atomic E-state index is -0.302. The zero-order valence-electron chi connectivity index (χ0n) is 13.1. The van der Waals surface area contributed by atoms with E-state index in [0.717, 1.165) is 11.3 Å². The second kappa shape index (κ2) is 6.87. The molecule has 0 unspecified atom stereocenters. The highest BCUT2D eigenvalue weighted by atomic mass is 19.1. The molecule has 0 amide bonds. The average molecular weight is 322 g/mol. The van der Waals surface area contributed by atoms with Gasteiger partial charge in [0.1, 0.15) is 5.82 Å². The molecule has 0 bridgehead atoms. The van der Waals surface area contributed by atoms with Gasteiger partial charge in [-0.2, -0.15) is 5.26 Å². The molecule has 2 aromatic heterocycles. The van der Waals surface area contributed by atoms with Crippen molar-refractivity contribution >= 4 is 5.95 Å². The summed E-state index contributed by atoms with van der Waals surface area (Å²) < 4.78 is 15.1. The van der Waals surface area contributed by atoms with E-state index in [4.69, 9.17) is 5.26 Å². The van der Waals surface area contributed by atoms with Crippen LogP contribution in [0.4, 0.5) is 10.3 Å². The molecule has 1 N–H and O–H groups in total. The maximum absolute atomic E-state index is 13.2. The van der Waals surface area contributed by atoms with Crippen LogP contribution in [0.25, 0.3) is 22.6 Å². The first-order valence-electron chi connectivity index (χ1n) is 7.42. The van der Waals surface area contributed by atoms with E-state index >= 15 is 0 Å². The summed E-state index contributed by atoms with van der Waals surface area (Å²) in [5, 5.41) is 11.8. The Hall–Kier alpha value is -3.27. The van der Waals surface area contributed by atoms with Gasteiger partial charge >= 0.3 is 0 Å². The van der Waals surface area contributed by atoms with Crippen molar-refractivity contribution in [3.05, 3.63) is 48.7 Å². The van der Waals surface area contributed by atoms with Gasteiger partial charge in [-0.3, -0.25) is 0 Å². The highest BCUT2D eigenvalue weighted by Crippen LogP contribution is 2.30. The average Bonchev–Trinajstić information content (AvgIpc) is 3.04. The van der Waals surface area contributed by atoms with Gasteiger partial charge in [-0.1, -0.05) is 0 Å². The normalized spacial score (nSPS) is 10.4. The quantitative estimate of drug-likeness (QED) is 0.781. The Labute approximate surface area is 138 Å². The number of nitriles is 1. The van der Waals surface area contributed by atoms with Crippen molar-refractivity contribution < 1.29 is 4.39 Å². The Morgan fingerprint density at radius 1 is 1.21 bits per heavy atom. The Balaban J connectivity index is 2.14. The molecule has 0 atom stereocenters. The van der Waals surface area contributed by atoms with Crippen LogP contribution in [0.15, 0.2) is 42.9 Å². The fourth-order valence-electron chi connectivity index (χ4n) is 2.42. The fraction of sp³-hybridized carbons (Fsp3) is 0.176. The number of hydrogen-bond donors (Lipinski definition) is 1. The maximum Gasteiger partial charge on any atom is 0.222 e. The minimum absolute atomic E-state index is 0.302. The molecule has 7 heteroatoms. The van der Waals surface area contributed by atoms with Gasteiger partial charge in [0.2, 0.25) is 5.95 Å². The Morgan fingerprint density at radius 2 is 2.00 bits per heavy atom. The lowest BCUT2D eigenvalue weighted by Crippen LogP contribution is -2.02. The summed E-state index contributed by atoms with van der Waals surface area (Å²) in [7, 11) is 1.74. The van der Waals surface area contributed by atoms with E-state index in [9.17, 15) is 4.39 Å². The first kappa shape index (κ1) is 15.6. The largest absolute Gasteiger partial charge is 0.357 e. The number of aromatic nitrogens is 4. The van der Waals surface area contributed by atoms with Crippen LogP contribution in [0.3, 0.4) is 0 Å². The lowest BCUT2D eigenvalue weighted by atomic mass is 10.1. The van der Waals surface area contributed by atoms with E-state index in [0.29, 0.717) is 30.3 Å². The van der Waals surface area contributed by atoms with E-state index in [2.05, 4.69) is 26.3 Å². The number of anilines is 1. The van der Waals surface area contributed by atoms with Crippen molar-refractivity contribution in [2.45, 2.75) is 13.0 Å². The number of hydrogen-bond acceptors (Lipinski definition) is 5. The lowest BCUT2D eigenvalue weighted by molar-refractivity contribution is 0.628. The summed E-state index contributed by atoms with van der Waals surface area (Å²) in [6, 6.07) is 10.1. The highest BCUT2D eigenvalue weighted by molar-refractivity contribution is 5.77. The molecule has 0 saturated carbocycles. The number of aryl methyl sites for hydroxylation is 1. The zero-order chi connectivity index (χ0) is 16.9. The van der Waals surface area contributed by atoms with Gasteiger partial charge in [-0.05, 0) is 30.3 Å². The van der Waals surface area contributed by atoms with Gasteiger partial charge in [-0.15, -0.1) is 0 Å². The molecule has 3 rings (SSSR count). The first-order chi connectivity index (χ1) is 11.7. The number of halogens is 1. The van der Waals surface area contributed by atoms with E-state index in [-0.39, 0.29) is 5.82 Å². The van der Waals surface area contributed by atoms with Crippen LogP contribution in [-0.2, 0) is 6.54 Å². The molecule has 0 aliphatic carbocycles. The zero-order valence-corrected chi connectivity index (χ0v) is 13.1. The van der Waals surface area contributed by atoms with E-state index in [1.807, 2.05) is 4.57 Å². The molecule has 24 heavy (non-hydrogen) atoms. The Kier molecular flexibility index (Phi) is 4.47. The lowest BCUT2D eigenvalue weighted by Gasteiger charge is -2.09. The van der Waals surface area contributed by atoms with Gasteiger partial charge in [0.25, 0.3) is 0 Å². The van der Waals surface area contributed by atoms with Crippen LogP contribution < -0.4 is 5.32 Å². The Bertz CT molecular complexity index is 879. The summed E-state index contributed by atoms with van der Waals surface area (Å²) in [4.78, 5) is 13.0. The number of nitrogens with zero attached hydrogens (tertiary/aromatic N) is 5. The summed E-state index contributed by atoms with van der Waals surface area (Å²) in [6.07, 6.45) is 3.69. The predicted molar refractivity (Wildman–Crippen MR) is 88.4 cm³/mol. The second-order valence-electron chi connectivity index (χ2n) is 5.07. The molecule has 2 heterocycles. The van der Waals surface area contributed by atoms with Crippen molar-refractivity contribution in [1.29, 1.82) is 5.26 Å². The van der Waals surface area contributed by atoms with Crippen LogP contribution in [0, 0.1) is 17.1 Å². The van der Waals surface area contributed by atoms with Gasteiger partial charge < -0.3 is 9.88 Å². The summed E-state index contributed by atoms with van der Waals surface area (Å²) >= 11 is 0. The molecular formula is C17H15FN6. The van der Waals surface area contributed by atoms with Crippen LogP contribution in [0.2, 0.25) is 0 Å². The van der Waals surface area contributed by atoms with Gasteiger partial charge in [0.15, 0.2) is 0 Å². The maximum atomic E-state index is 13.2. The molecule has 120 valence electrons. The molecule has 6 nitrogen and oxygen atoms in total. The molecular weight excluding hydrogens is 307 g/mol. The van der Waals surface area contributed by atoms with Gasteiger partial charge in [0.05, 0.1) is 35.9 Å². The molecule has 0 saturated heterocycles. The van der Waals surface area contributed by atoms with Crippen molar-refractivity contribution in [2.75, 3.05) is 12.4 Å². The third-order valence-corrected chi connectivity index (χ3v) is 3.54. The fourth-order valence-corrected chi connectivity index (χ4v) is 2.42. The van der Waals surface area contributed by atoms with Crippen molar-refractivity contribution in [1.82, 2.24) is 19.5 Å². The highest BCUT2D eigenvalue weighted by Gasteiger charge is 2.16. The molecule has 0 spiro atoms. The van der Waals surface area contributed by atoms with E-state index < -0.39 is 0 Å². The first-order valence-corrected chi connectivity index (χ1v) is 7.42. The number of imidazole rings is 1. The smallest absolute Gasteiger partial charge is 0.222 e. The third kappa shape index (κ3) is 3.08. The monoisotopic (exact) mass is 322 g/mol. The molecule has 0 fully saturated rings. The van der Waals surface area contributed by atoms with E-state index in [1.165, 1.54) is 12.1 Å². The van der Waals surface area contributed by atoms with Crippen LogP contribution in [-0.4, -0.2) is 26.6 Å². The third-order valence-electron chi connectivity index (χ3n) is 3.54. The molecule has 1 aromatic carbocycles. The van der Waals surface area contributed by atoms with Gasteiger partial charge in [0, 0.05) is 25.4 Å². The summed E-state index contributed by atoms with van der Waals surface area (Å²) in [6.45, 7) is 0.499. The summed E-state index contributed by atoms with van der Waals surface area (Å²) in [5.74, 6) is 0.189. The summed E-state index contributed by atoms with van der Waals surface area (Å²) in [5.41, 5.74) is 2.93. The van der Waals surface area contributed by atoms with Crippen molar-refractivity contribution in [3.8, 4) is 28.7 Å². The van der Waals surface area contributed by atoms with Crippen LogP contribution >= 0.6 is 0 Å². The van der Waals surface area contributed by atoms with Gasteiger partial charge in [-0.25, -0.2) is 19.3 Å². The topological polar surface area (TPSA) is 79.4 Å². The van der Waals surface area contributed by atoms with Crippen molar-refractivity contribution in [3.63, 3.8) is 0 Å². The van der Waals surface area contributed by atoms with Crippen LogP contribution in [0.5, 0.6) is 0 Å². The molecule has 0 aliphatic rings. The molecule has 0 radical (unpaired) electrons. The Morgan fingerprint density at radius 3 is 2.71 bits per heavy atom. The van der Waals surface area contributed by atoms with Crippen LogP contribution in [0.1, 0.15) is 6.42 Å². The number of benzene rings is 1. The minimum Gasteiger partial charge on any atom is -0.357 e. The molecule has 3 aromatic rings. The molecule has 0 aliphatic heterocycles. The standard InChI is InChI=1S/C17H15FN6/c1-20-17-21-9-7-14(23-17)16-15(12-3-5-13(18)6-4-12)22-11-24(16)10-2-8-19/h3-7,9,11H,2,10H2,1H3,(H,20,21,23).